The van der Waals surface area contributed by atoms with Crippen LogP contribution in [-0.4, -0.2) is 46.8 Å². The third kappa shape index (κ3) is 3.72. The molecule has 0 aliphatic carbocycles. The highest BCUT2D eigenvalue weighted by atomic mass is 79.9. The van der Waals surface area contributed by atoms with Crippen LogP contribution in [0.5, 0.6) is 0 Å². The van der Waals surface area contributed by atoms with E-state index in [2.05, 4.69) is 50.1 Å². The number of nitrogens with zero attached hydrogens (tertiary/aromatic N) is 3. The molecule has 0 amide bonds. The van der Waals surface area contributed by atoms with Crippen molar-refractivity contribution in [1.82, 2.24) is 20.1 Å². The molecule has 2 rings (SSSR count). The summed E-state index contributed by atoms with van der Waals surface area (Å²) in [7, 11) is 4.15. The minimum Gasteiger partial charge on any atom is -0.308 e. The molecule has 3 N–H and O–H groups in total. The Morgan fingerprint density at radius 3 is 3.05 bits per heavy atom. The minimum atomic E-state index is 0.175. The van der Waals surface area contributed by atoms with Gasteiger partial charge in [-0.15, -0.1) is 0 Å². The zero-order chi connectivity index (χ0) is 13.8. The van der Waals surface area contributed by atoms with E-state index in [1.807, 2.05) is 18.0 Å². The molecular formula is C12H22BrN5S. The van der Waals surface area contributed by atoms with Crippen LogP contribution in [0.4, 0.5) is 0 Å². The topological polar surface area (TPSA) is 59.1 Å². The number of aromatic nitrogens is 2. The molecule has 2 heterocycles. The summed E-state index contributed by atoms with van der Waals surface area (Å²) in [6.45, 7) is 1.85. The maximum absolute atomic E-state index is 5.81. The van der Waals surface area contributed by atoms with E-state index in [-0.39, 0.29) is 6.04 Å². The zero-order valence-electron chi connectivity index (χ0n) is 11.5. The first kappa shape index (κ1) is 15.3. The van der Waals surface area contributed by atoms with Gasteiger partial charge in [-0.05, 0) is 53.9 Å². The first-order valence-corrected chi connectivity index (χ1v) is 8.48. The van der Waals surface area contributed by atoms with E-state index in [0.717, 1.165) is 17.6 Å². The van der Waals surface area contributed by atoms with Crippen LogP contribution in [0.15, 0.2) is 10.7 Å². The van der Waals surface area contributed by atoms with Gasteiger partial charge < -0.3 is 4.90 Å². The molecule has 19 heavy (non-hydrogen) atoms. The van der Waals surface area contributed by atoms with E-state index < -0.39 is 0 Å². The molecule has 7 heteroatoms. The van der Waals surface area contributed by atoms with Gasteiger partial charge >= 0.3 is 0 Å². The predicted octanol–water partition coefficient (Wildman–Crippen LogP) is 1.46. The highest BCUT2D eigenvalue weighted by Gasteiger charge is 2.30. The summed E-state index contributed by atoms with van der Waals surface area (Å²) in [6, 6.07) is 0.175. The quantitative estimate of drug-likeness (QED) is 0.602. The summed E-state index contributed by atoms with van der Waals surface area (Å²) < 4.78 is 3.11. The summed E-state index contributed by atoms with van der Waals surface area (Å²) in [5.74, 6) is 8.79. The second-order valence-corrected chi connectivity index (χ2v) is 7.18. The van der Waals surface area contributed by atoms with Crippen molar-refractivity contribution in [3.8, 4) is 0 Å². The Balaban J connectivity index is 2.18. The van der Waals surface area contributed by atoms with Gasteiger partial charge in [-0.25, -0.2) is 0 Å². The van der Waals surface area contributed by atoms with Crippen molar-refractivity contribution in [3.63, 3.8) is 0 Å². The maximum Gasteiger partial charge on any atom is 0.0712 e. The number of hydrazine groups is 1. The fraction of sp³-hybridized carbons (Fsp3) is 0.750. The highest BCUT2D eigenvalue weighted by molar-refractivity contribution is 9.10. The van der Waals surface area contributed by atoms with Crippen molar-refractivity contribution >= 4 is 27.7 Å². The smallest absolute Gasteiger partial charge is 0.0712 e. The van der Waals surface area contributed by atoms with E-state index in [1.165, 1.54) is 23.6 Å². The van der Waals surface area contributed by atoms with E-state index in [9.17, 15) is 0 Å². The maximum atomic E-state index is 5.81. The number of rotatable bonds is 6. The number of nitrogens with two attached hydrogens (primary N) is 1. The van der Waals surface area contributed by atoms with E-state index in [0.29, 0.717) is 5.92 Å². The summed E-state index contributed by atoms with van der Waals surface area (Å²) in [5.41, 5.74) is 4.18. The van der Waals surface area contributed by atoms with Crippen molar-refractivity contribution in [2.45, 2.75) is 19.0 Å². The fourth-order valence-electron chi connectivity index (χ4n) is 2.41. The molecule has 1 fully saturated rings. The van der Waals surface area contributed by atoms with Gasteiger partial charge in [-0.2, -0.15) is 16.9 Å². The second-order valence-electron chi connectivity index (χ2n) is 5.17. The lowest BCUT2D eigenvalue weighted by molar-refractivity contribution is 0.339. The first-order valence-electron chi connectivity index (χ1n) is 6.53. The van der Waals surface area contributed by atoms with Crippen LogP contribution >= 0.6 is 27.7 Å². The Kier molecular flexibility index (Phi) is 5.70. The molecule has 0 aromatic carbocycles. The van der Waals surface area contributed by atoms with E-state index >= 15 is 0 Å². The molecule has 0 bridgehead atoms. The second kappa shape index (κ2) is 7.08. The fourth-order valence-corrected chi connectivity index (χ4v) is 4.25. The Bertz CT molecular complexity index is 403. The lowest BCUT2D eigenvalue weighted by Gasteiger charge is -2.24. The number of hydrogen-bond acceptors (Lipinski definition) is 5. The number of likely N-dealkylation sites (N-methyl/N-ethyl adjacent to an activating group) is 1. The van der Waals surface area contributed by atoms with Crippen LogP contribution in [-0.2, 0) is 6.54 Å². The molecule has 0 spiro atoms. The van der Waals surface area contributed by atoms with Crippen molar-refractivity contribution in [3.05, 3.63) is 16.4 Å². The SMILES string of the molecule is CN(C)CCn1ncc(Br)c1C(NN)C1CCSC1. The molecule has 1 aliphatic heterocycles. The molecule has 5 nitrogen and oxygen atoms in total. The first-order chi connectivity index (χ1) is 9.13. The molecule has 0 radical (unpaired) electrons. The Hall–Kier alpha value is -0.0800. The average molecular weight is 348 g/mol. The number of hydrogen-bond donors (Lipinski definition) is 2. The Morgan fingerprint density at radius 1 is 1.68 bits per heavy atom. The van der Waals surface area contributed by atoms with Crippen molar-refractivity contribution in [1.29, 1.82) is 0 Å². The van der Waals surface area contributed by atoms with Gasteiger partial charge in [0, 0.05) is 6.54 Å². The third-order valence-corrected chi connectivity index (χ3v) is 5.30. The molecule has 1 saturated heterocycles. The predicted molar refractivity (Wildman–Crippen MR) is 84.0 cm³/mol. The standard InChI is InChI=1S/C12H22BrN5S/c1-17(2)4-5-18-12(10(13)7-15-18)11(16-14)9-3-6-19-8-9/h7,9,11,16H,3-6,8,14H2,1-2H3. The summed E-state index contributed by atoms with van der Waals surface area (Å²) in [5, 5.41) is 4.47. The van der Waals surface area contributed by atoms with Crippen LogP contribution in [0.3, 0.4) is 0 Å². The lowest BCUT2D eigenvalue weighted by atomic mass is 9.97. The van der Waals surface area contributed by atoms with Gasteiger partial charge in [-0.1, -0.05) is 0 Å². The van der Waals surface area contributed by atoms with Crippen molar-refractivity contribution in [2.75, 3.05) is 32.1 Å². The molecule has 108 valence electrons. The van der Waals surface area contributed by atoms with Crippen LogP contribution in [0.25, 0.3) is 0 Å². The van der Waals surface area contributed by atoms with Crippen molar-refractivity contribution < 1.29 is 0 Å². The summed E-state index contributed by atoms with van der Waals surface area (Å²) >= 11 is 5.62. The minimum absolute atomic E-state index is 0.175. The van der Waals surface area contributed by atoms with Crippen LogP contribution in [0.2, 0.25) is 0 Å². The van der Waals surface area contributed by atoms with Gasteiger partial charge in [0.15, 0.2) is 0 Å². The number of thioether (sulfide) groups is 1. The van der Waals surface area contributed by atoms with E-state index in [1.54, 1.807) is 0 Å². The largest absolute Gasteiger partial charge is 0.308 e. The molecule has 0 saturated carbocycles. The lowest BCUT2D eigenvalue weighted by Crippen LogP contribution is -2.36. The average Bonchev–Trinajstić information content (AvgIpc) is 3.00. The van der Waals surface area contributed by atoms with Gasteiger partial charge in [-0.3, -0.25) is 16.0 Å². The van der Waals surface area contributed by atoms with Crippen LogP contribution < -0.4 is 11.3 Å². The van der Waals surface area contributed by atoms with Gasteiger partial charge in [0.05, 0.1) is 29.0 Å². The van der Waals surface area contributed by atoms with Gasteiger partial charge in [0.1, 0.15) is 0 Å². The molecule has 1 aromatic heterocycles. The number of nitrogens with one attached hydrogen (secondary N) is 1. The molecule has 2 atom stereocenters. The molecule has 1 aromatic rings. The molecule has 2 unspecified atom stereocenters. The zero-order valence-corrected chi connectivity index (χ0v) is 13.9. The highest BCUT2D eigenvalue weighted by Crippen LogP contribution is 2.36. The van der Waals surface area contributed by atoms with Gasteiger partial charge in [0.2, 0.25) is 0 Å². The normalized spacial score (nSPS) is 21.2. The van der Waals surface area contributed by atoms with Crippen LogP contribution in [0.1, 0.15) is 18.2 Å². The van der Waals surface area contributed by atoms with E-state index in [4.69, 9.17) is 5.84 Å². The monoisotopic (exact) mass is 347 g/mol. The van der Waals surface area contributed by atoms with Crippen LogP contribution in [0, 0.1) is 5.92 Å². The Morgan fingerprint density at radius 2 is 2.47 bits per heavy atom. The molecular weight excluding hydrogens is 326 g/mol. The van der Waals surface area contributed by atoms with Gasteiger partial charge in [0.25, 0.3) is 0 Å². The Labute approximate surface area is 127 Å². The number of halogens is 1. The van der Waals surface area contributed by atoms with Crippen molar-refractivity contribution in [2.24, 2.45) is 11.8 Å². The summed E-state index contributed by atoms with van der Waals surface area (Å²) in [6.07, 6.45) is 3.09. The molecule has 1 aliphatic rings. The third-order valence-electron chi connectivity index (χ3n) is 3.50. The summed E-state index contributed by atoms with van der Waals surface area (Å²) in [4.78, 5) is 2.16.